The van der Waals surface area contributed by atoms with Gasteiger partial charge in [-0.3, -0.25) is 4.52 Å². The van der Waals surface area contributed by atoms with Crippen LogP contribution in [-0.2, 0) is 18.6 Å². The first-order valence-electron chi connectivity index (χ1n) is 12.1. The highest BCUT2D eigenvalue weighted by Gasteiger charge is 2.30. The molecule has 0 rings (SSSR count). The molecule has 6 nitrogen and oxygen atoms in total. The van der Waals surface area contributed by atoms with Crippen LogP contribution in [-0.4, -0.2) is 55.3 Å². The summed E-state index contributed by atoms with van der Waals surface area (Å²) in [5.74, 6) is 1.72. The van der Waals surface area contributed by atoms with Gasteiger partial charge in [0, 0.05) is 25.4 Å². The number of phosphoric acid groups is 1. The lowest BCUT2D eigenvalue weighted by molar-refractivity contribution is 0.0183. The third-order valence-electron chi connectivity index (χ3n) is 5.56. The number of methoxy groups -OCH3 is 2. The van der Waals surface area contributed by atoms with E-state index in [1.807, 2.05) is 0 Å². The largest absolute Gasteiger partial charge is 0.469 e. The van der Waals surface area contributed by atoms with Crippen LogP contribution in [0.5, 0.6) is 0 Å². The molecule has 0 aromatic heterocycles. The number of unbranched alkanes of at least 4 members (excludes halogenated alkanes) is 11. The van der Waals surface area contributed by atoms with Gasteiger partial charge in [-0.05, 0) is 18.6 Å². The standard InChI is InChI=1S/C23H49O6PS/c1-4-5-6-7-8-9-10-11-12-13-14-15-17-23(20-27-2,21-28-3)22-31-19-16-18-29-30(24,25)26/h4-22H2,1-3H3,(H2,24,25,26). The van der Waals surface area contributed by atoms with Crippen LogP contribution in [0.3, 0.4) is 0 Å². The van der Waals surface area contributed by atoms with Gasteiger partial charge in [0.25, 0.3) is 0 Å². The van der Waals surface area contributed by atoms with E-state index in [9.17, 15) is 4.57 Å². The third kappa shape index (κ3) is 20.7. The number of ether oxygens (including phenoxy) is 2. The number of phosphoric ester groups is 1. The minimum Gasteiger partial charge on any atom is -0.384 e. The van der Waals surface area contributed by atoms with Crippen LogP contribution in [0.4, 0.5) is 0 Å². The Balaban J connectivity index is 3.97. The summed E-state index contributed by atoms with van der Waals surface area (Å²) >= 11 is 1.78. The summed E-state index contributed by atoms with van der Waals surface area (Å²) in [7, 11) is -0.872. The van der Waals surface area contributed by atoms with E-state index in [0.717, 1.165) is 17.9 Å². The second-order valence-electron chi connectivity index (χ2n) is 8.74. The topological polar surface area (TPSA) is 85.2 Å². The highest BCUT2D eigenvalue weighted by atomic mass is 32.2. The zero-order valence-electron chi connectivity index (χ0n) is 20.3. The molecule has 31 heavy (non-hydrogen) atoms. The lowest BCUT2D eigenvalue weighted by Crippen LogP contribution is -2.34. The maximum absolute atomic E-state index is 10.7. The lowest BCUT2D eigenvalue weighted by atomic mass is 9.86. The number of thioether (sulfide) groups is 1. The molecule has 8 heteroatoms. The first-order valence-corrected chi connectivity index (χ1v) is 14.8. The van der Waals surface area contributed by atoms with Gasteiger partial charge in [-0.1, -0.05) is 84.0 Å². The number of hydrogen-bond donors (Lipinski definition) is 2. The van der Waals surface area contributed by atoms with E-state index >= 15 is 0 Å². The zero-order chi connectivity index (χ0) is 23.3. The summed E-state index contributed by atoms with van der Waals surface area (Å²) in [5, 5.41) is 0. The normalized spacial score (nSPS) is 12.5. The van der Waals surface area contributed by atoms with Gasteiger partial charge >= 0.3 is 7.82 Å². The summed E-state index contributed by atoms with van der Waals surface area (Å²) in [6.45, 7) is 3.69. The SMILES string of the molecule is CCCCCCCCCCCCCCC(COC)(COC)CSCCCOP(=O)(O)O. The van der Waals surface area contributed by atoms with E-state index in [1.165, 1.54) is 77.0 Å². The molecule has 0 aromatic carbocycles. The van der Waals surface area contributed by atoms with Crippen LogP contribution in [0.15, 0.2) is 0 Å². The Morgan fingerprint density at radius 3 is 1.71 bits per heavy atom. The van der Waals surface area contributed by atoms with Crippen molar-refractivity contribution in [3.63, 3.8) is 0 Å². The van der Waals surface area contributed by atoms with Crippen LogP contribution in [0.1, 0.15) is 96.8 Å². The maximum Gasteiger partial charge on any atom is 0.469 e. The van der Waals surface area contributed by atoms with E-state index in [0.29, 0.717) is 19.6 Å². The smallest absolute Gasteiger partial charge is 0.384 e. The maximum atomic E-state index is 10.7. The summed E-state index contributed by atoms with van der Waals surface area (Å²) in [5.41, 5.74) is -0.00321. The highest BCUT2D eigenvalue weighted by molar-refractivity contribution is 7.99. The van der Waals surface area contributed by atoms with Crippen molar-refractivity contribution >= 4 is 19.6 Å². The predicted molar refractivity (Wildman–Crippen MR) is 132 cm³/mol. The average Bonchev–Trinajstić information content (AvgIpc) is 2.71. The van der Waals surface area contributed by atoms with Crippen molar-refractivity contribution < 1.29 is 28.3 Å². The molecule has 0 saturated heterocycles. The minimum atomic E-state index is -4.35. The van der Waals surface area contributed by atoms with Crippen molar-refractivity contribution in [2.24, 2.45) is 5.41 Å². The summed E-state index contributed by atoms with van der Waals surface area (Å²) in [4.78, 5) is 17.5. The molecular formula is C23H49O6PS. The fourth-order valence-electron chi connectivity index (χ4n) is 3.93. The lowest BCUT2D eigenvalue weighted by Gasteiger charge is -2.32. The molecule has 0 aromatic rings. The molecule has 0 amide bonds. The van der Waals surface area contributed by atoms with E-state index in [4.69, 9.17) is 19.3 Å². The molecule has 0 saturated carbocycles. The molecule has 0 aliphatic heterocycles. The van der Waals surface area contributed by atoms with Gasteiger partial charge in [0.2, 0.25) is 0 Å². The predicted octanol–water partition coefficient (Wildman–Crippen LogP) is 6.59. The van der Waals surface area contributed by atoms with Crippen molar-refractivity contribution in [2.45, 2.75) is 96.8 Å². The Bertz CT molecular complexity index is 426. The van der Waals surface area contributed by atoms with Crippen LogP contribution in [0.2, 0.25) is 0 Å². The molecule has 0 heterocycles. The van der Waals surface area contributed by atoms with Crippen molar-refractivity contribution in [1.29, 1.82) is 0 Å². The summed E-state index contributed by atoms with van der Waals surface area (Å²) < 4.78 is 26.3. The van der Waals surface area contributed by atoms with E-state index in [-0.39, 0.29) is 12.0 Å². The van der Waals surface area contributed by atoms with E-state index in [1.54, 1.807) is 26.0 Å². The molecule has 0 aliphatic rings. The highest BCUT2D eigenvalue weighted by Crippen LogP contribution is 2.36. The van der Waals surface area contributed by atoms with Gasteiger partial charge in [-0.15, -0.1) is 0 Å². The quantitative estimate of drug-likeness (QED) is 0.118. The first-order chi connectivity index (χ1) is 14.9. The summed E-state index contributed by atoms with van der Waals surface area (Å²) in [6, 6.07) is 0. The molecule has 0 unspecified atom stereocenters. The minimum absolute atomic E-state index is 0.00321. The molecule has 2 N–H and O–H groups in total. The second kappa shape index (κ2) is 20.9. The number of hydrogen-bond acceptors (Lipinski definition) is 5. The van der Waals surface area contributed by atoms with Crippen molar-refractivity contribution in [3.8, 4) is 0 Å². The Morgan fingerprint density at radius 2 is 1.26 bits per heavy atom. The molecular weight excluding hydrogens is 435 g/mol. The Kier molecular flexibility index (Phi) is 21.2. The zero-order valence-corrected chi connectivity index (χ0v) is 22.0. The molecule has 0 fully saturated rings. The second-order valence-corrected chi connectivity index (χ2v) is 11.1. The molecule has 0 aliphatic carbocycles. The van der Waals surface area contributed by atoms with Gasteiger partial charge in [-0.2, -0.15) is 11.8 Å². The van der Waals surface area contributed by atoms with E-state index < -0.39 is 7.82 Å². The average molecular weight is 485 g/mol. The van der Waals surface area contributed by atoms with Crippen LogP contribution < -0.4 is 0 Å². The third-order valence-corrected chi connectivity index (χ3v) is 7.48. The Labute approximate surface area is 195 Å². The van der Waals surface area contributed by atoms with Crippen molar-refractivity contribution in [3.05, 3.63) is 0 Å². The van der Waals surface area contributed by atoms with Gasteiger partial charge in [-0.25, -0.2) is 4.57 Å². The van der Waals surface area contributed by atoms with Crippen molar-refractivity contribution in [2.75, 3.05) is 45.5 Å². The number of rotatable bonds is 24. The fourth-order valence-corrected chi connectivity index (χ4v) is 5.51. The van der Waals surface area contributed by atoms with Gasteiger partial charge < -0.3 is 19.3 Å². The first kappa shape index (κ1) is 31.4. The van der Waals surface area contributed by atoms with Gasteiger partial charge in [0.05, 0.1) is 19.8 Å². The van der Waals surface area contributed by atoms with Crippen molar-refractivity contribution in [1.82, 2.24) is 0 Å². The van der Waals surface area contributed by atoms with E-state index in [2.05, 4.69) is 11.4 Å². The van der Waals surface area contributed by atoms with Gasteiger partial charge in [0.15, 0.2) is 0 Å². The Morgan fingerprint density at radius 1 is 0.774 bits per heavy atom. The molecule has 0 atom stereocenters. The van der Waals surface area contributed by atoms with Crippen LogP contribution in [0, 0.1) is 5.41 Å². The molecule has 188 valence electrons. The monoisotopic (exact) mass is 484 g/mol. The Hall–Kier alpha value is 0.380. The fraction of sp³-hybridized carbons (Fsp3) is 1.00. The van der Waals surface area contributed by atoms with Gasteiger partial charge in [0.1, 0.15) is 0 Å². The molecule has 0 radical (unpaired) electrons. The van der Waals surface area contributed by atoms with Crippen LogP contribution >= 0.6 is 19.6 Å². The molecule has 0 spiro atoms. The van der Waals surface area contributed by atoms with Crippen LogP contribution in [0.25, 0.3) is 0 Å². The summed E-state index contributed by atoms with van der Waals surface area (Å²) in [6.07, 6.45) is 17.8. The molecule has 0 bridgehead atoms.